The maximum absolute atomic E-state index is 13.7. The Morgan fingerprint density at radius 3 is 2.36 bits per heavy atom. The summed E-state index contributed by atoms with van der Waals surface area (Å²) in [5.74, 6) is 0.411. The third-order valence-electron chi connectivity index (χ3n) is 6.96. The first-order valence-corrected chi connectivity index (χ1v) is 11.4. The van der Waals surface area contributed by atoms with Gasteiger partial charge in [-0.15, -0.1) is 13.2 Å². The van der Waals surface area contributed by atoms with Gasteiger partial charge in [0.1, 0.15) is 17.3 Å². The normalized spacial score (nSPS) is 23.6. The maximum Gasteiger partial charge on any atom is 0.573 e. The number of hydrogen-bond donors (Lipinski definition) is 0. The summed E-state index contributed by atoms with van der Waals surface area (Å²) < 4.78 is 61.7. The quantitative estimate of drug-likeness (QED) is 0.480. The van der Waals surface area contributed by atoms with Gasteiger partial charge in [-0.25, -0.2) is 4.39 Å². The van der Waals surface area contributed by atoms with Crippen LogP contribution >= 0.6 is 0 Å². The Kier molecular flexibility index (Phi) is 7.02. The fraction of sp³-hybridized carbons (Fsp3) is 0.520. The molecule has 1 saturated heterocycles. The second-order valence-electron chi connectivity index (χ2n) is 8.98. The van der Waals surface area contributed by atoms with E-state index in [2.05, 4.69) is 9.64 Å². The van der Waals surface area contributed by atoms with Crippen molar-refractivity contribution in [3.63, 3.8) is 0 Å². The minimum Gasteiger partial charge on any atom is -0.495 e. The molecule has 3 unspecified atom stereocenters. The van der Waals surface area contributed by atoms with Crippen LogP contribution < -0.4 is 14.4 Å². The predicted molar refractivity (Wildman–Crippen MR) is 119 cm³/mol. The summed E-state index contributed by atoms with van der Waals surface area (Å²) >= 11 is 0. The number of ether oxygens (including phenoxy) is 2. The van der Waals surface area contributed by atoms with Crippen molar-refractivity contribution in [2.45, 2.75) is 44.0 Å². The summed E-state index contributed by atoms with van der Waals surface area (Å²) in [6.45, 7) is 3.16. The second-order valence-corrected chi connectivity index (χ2v) is 8.98. The van der Waals surface area contributed by atoms with E-state index in [-0.39, 0.29) is 23.5 Å². The van der Waals surface area contributed by atoms with Crippen molar-refractivity contribution in [3.8, 4) is 11.5 Å². The first-order valence-electron chi connectivity index (χ1n) is 11.4. The Bertz CT molecular complexity index is 929. The van der Waals surface area contributed by atoms with Gasteiger partial charge in [0.25, 0.3) is 0 Å². The lowest BCUT2D eigenvalue weighted by Crippen LogP contribution is -2.37. The lowest BCUT2D eigenvalue weighted by atomic mass is 9.85. The molecule has 1 saturated carbocycles. The fourth-order valence-electron chi connectivity index (χ4n) is 5.49. The summed E-state index contributed by atoms with van der Waals surface area (Å²) in [5.41, 5.74) is 1.59. The molecule has 4 rings (SSSR count). The number of nitrogens with zero attached hydrogens (tertiary/aromatic N) is 2. The minimum absolute atomic E-state index is 0.0260. The maximum atomic E-state index is 13.7. The zero-order valence-electron chi connectivity index (χ0n) is 18.9. The first-order chi connectivity index (χ1) is 15.7. The molecular weight excluding hydrogens is 436 g/mol. The van der Waals surface area contributed by atoms with Crippen LogP contribution in [0, 0.1) is 11.7 Å². The Labute approximate surface area is 192 Å². The van der Waals surface area contributed by atoms with Gasteiger partial charge in [-0.05, 0) is 74.5 Å². The molecule has 2 aromatic rings. The molecule has 1 heterocycles. The van der Waals surface area contributed by atoms with Gasteiger partial charge in [-0.1, -0.05) is 12.1 Å². The zero-order valence-corrected chi connectivity index (χ0v) is 18.9. The summed E-state index contributed by atoms with van der Waals surface area (Å²) in [6.07, 6.45) is -0.477. The molecule has 0 amide bonds. The Hall–Kier alpha value is -2.48. The number of halogens is 4. The molecule has 0 aromatic heterocycles. The molecule has 0 radical (unpaired) electrons. The van der Waals surface area contributed by atoms with Gasteiger partial charge in [-0.2, -0.15) is 0 Å². The van der Waals surface area contributed by atoms with E-state index >= 15 is 0 Å². The topological polar surface area (TPSA) is 24.9 Å². The van der Waals surface area contributed by atoms with Gasteiger partial charge in [-0.3, -0.25) is 0 Å². The smallest absolute Gasteiger partial charge is 0.495 e. The predicted octanol–water partition coefficient (Wildman–Crippen LogP) is 5.83. The molecule has 33 heavy (non-hydrogen) atoms. The van der Waals surface area contributed by atoms with Crippen LogP contribution in [-0.4, -0.2) is 51.1 Å². The molecule has 8 heteroatoms. The van der Waals surface area contributed by atoms with E-state index in [1.165, 1.54) is 50.3 Å². The number of alkyl halides is 3. The third kappa shape index (κ3) is 5.54. The zero-order chi connectivity index (χ0) is 23.6. The standard InChI is InChI=1S/C25H30F4N2O2/c1-30(22-15-20(33-25(27,28)29)10-12-23(22)32-2)21-11-7-18(16-31-13-3-4-14-31)24(21)17-5-8-19(26)9-6-17/h5-6,8-10,12,15,18,21,24H,3-4,7,11,13-14,16H2,1-2H3. The Balaban J connectivity index is 1.65. The number of likely N-dealkylation sites (tertiary alicyclic amines) is 1. The third-order valence-corrected chi connectivity index (χ3v) is 6.96. The van der Waals surface area contributed by atoms with Crippen molar-refractivity contribution in [1.29, 1.82) is 0 Å². The van der Waals surface area contributed by atoms with Crippen LogP contribution in [0.25, 0.3) is 0 Å². The van der Waals surface area contributed by atoms with E-state index in [4.69, 9.17) is 4.74 Å². The molecular formula is C25H30F4N2O2. The molecule has 3 atom stereocenters. The van der Waals surface area contributed by atoms with Crippen LogP contribution in [0.15, 0.2) is 42.5 Å². The highest BCUT2D eigenvalue weighted by atomic mass is 19.4. The highest BCUT2D eigenvalue weighted by Crippen LogP contribution is 2.46. The fourth-order valence-corrected chi connectivity index (χ4v) is 5.49. The van der Waals surface area contributed by atoms with Gasteiger partial charge in [0, 0.05) is 31.6 Å². The van der Waals surface area contributed by atoms with Crippen LogP contribution in [0.4, 0.5) is 23.2 Å². The van der Waals surface area contributed by atoms with E-state index in [1.54, 1.807) is 0 Å². The molecule has 1 aliphatic heterocycles. The van der Waals surface area contributed by atoms with Gasteiger partial charge < -0.3 is 19.3 Å². The number of likely N-dealkylation sites (N-methyl/N-ethyl adjacent to an activating group) is 1. The van der Waals surface area contributed by atoms with Crippen molar-refractivity contribution >= 4 is 5.69 Å². The van der Waals surface area contributed by atoms with E-state index in [0.29, 0.717) is 17.4 Å². The Morgan fingerprint density at radius 2 is 1.73 bits per heavy atom. The number of rotatable bonds is 7. The summed E-state index contributed by atoms with van der Waals surface area (Å²) in [7, 11) is 3.38. The van der Waals surface area contributed by atoms with Crippen molar-refractivity contribution in [2.75, 3.05) is 38.7 Å². The average molecular weight is 467 g/mol. The van der Waals surface area contributed by atoms with E-state index in [1.807, 2.05) is 24.1 Å². The van der Waals surface area contributed by atoms with Crippen LogP contribution in [0.1, 0.15) is 37.2 Å². The average Bonchev–Trinajstić information content (AvgIpc) is 3.43. The monoisotopic (exact) mass is 466 g/mol. The first kappa shape index (κ1) is 23.7. The van der Waals surface area contributed by atoms with Gasteiger partial charge in [0.2, 0.25) is 0 Å². The van der Waals surface area contributed by atoms with Crippen LogP contribution in [-0.2, 0) is 0 Å². The second kappa shape index (κ2) is 9.79. The minimum atomic E-state index is -4.77. The number of benzene rings is 2. The largest absolute Gasteiger partial charge is 0.573 e. The van der Waals surface area contributed by atoms with Crippen LogP contribution in [0.5, 0.6) is 11.5 Å². The SMILES string of the molecule is COc1ccc(OC(F)(F)F)cc1N(C)C1CCC(CN2CCCC2)C1c1ccc(F)cc1. The van der Waals surface area contributed by atoms with E-state index in [9.17, 15) is 17.6 Å². The summed E-state index contributed by atoms with van der Waals surface area (Å²) in [6, 6.07) is 10.8. The van der Waals surface area contributed by atoms with Crippen LogP contribution in [0.2, 0.25) is 0 Å². The van der Waals surface area contributed by atoms with Crippen molar-refractivity contribution in [1.82, 2.24) is 4.90 Å². The summed E-state index contributed by atoms with van der Waals surface area (Å²) in [5, 5.41) is 0. The van der Waals surface area contributed by atoms with Crippen molar-refractivity contribution < 1.29 is 27.0 Å². The molecule has 2 aliphatic rings. The molecule has 4 nitrogen and oxygen atoms in total. The Morgan fingerprint density at radius 1 is 1.03 bits per heavy atom. The highest BCUT2D eigenvalue weighted by molar-refractivity contribution is 5.62. The number of hydrogen-bond acceptors (Lipinski definition) is 4. The molecule has 1 aliphatic carbocycles. The lowest BCUT2D eigenvalue weighted by Gasteiger charge is -2.35. The molecule has 0 bridgehead atoms. The van der Waals surface area contributed by atoms with Crippen molar-refractivity contribution in [2.24, 2.45) is 5.92 Å². The van der Waals surface area contributed by atoms with Gasteiger partial charge >= 0.3 is 6.36 Å². The lowest BCUT2D eigenvalue weighted by molar-refractivity contribution is -0.274. The van der Waals surface area contributed by atoms with Crippen molar-refractivity contribution in [3.05, 3.63) is 53.8 Å². The number of methoxy groups -OCH3 is 1. The van der Waals surface area contributed by atoms with E-state index in [0.717, 1.165) is 38.0 Å². The molecule has 0 N–H and O–H groups in total. The molecule has 180 valence electrons. The van der Waals surface area contributed by atoms with Crippen LogP contribution in [0.3, 0.4) is 0 Å². The van der Waals surface area contributed by atoms with Gasteiger partial charge in [0.05, 0.1) is 12.8 Å². The molecule has 2 fully saturated rings. The van der Waals surface area contributed by atoms with E-state index < -0.39 is 6.36 Å². The molecule has 2 aromatic carbocycles. The van der Waals surface area contributed by atoms with Gasteiger partial charge in [0.15, 0.2) is 0 Å². The number of anilines is 1. The summed E-state index contributed by atoms with van der Waals surface area (Å²) in [4.78, 5) is 4.49. The highest BCUT2D eigenvalue weighted by Gasteiger charge is 2.41. The molecule has 0 spiro atoms.